The smallest absolute Gasteiger partial charge is 0.240 e. The fourth-order valence-corrected chi connectivity index (χ4v) is 9.77. The lowest BCUT2D eigenvalue weighted by Crippen LogP contribution is -2.39. The first-order valence-corrected chi connectivity index (χ1v) is 22.5. The Morgan fingerprint density at radius 3 is 1.54 bits per heavy atom. The highest BCUT2D eigenvalue weighted by atomic mass is 32.2. The monoisotopic (exact) mass is 838 g/mol. The van der Waals surface area contributed by atoms with Gasteiger partial charge >= 0.3 is 0 Å². The lowest BCUT2D eigenvalue weighted by Gasteiger charge is -2.30. The largest absolute Gasteiger partial charge is 0.491 e. The minimum atomic E-state index is -3.87. The highest BCUT2D eigenvalue weighted by Crippen LogP contribution is 2.32. The summed E-state index contributed by atoms with van der Waals surface area (Å²) < 4.78 is 112. The van der Waals surface area contributed by atoms with Crippen molar-refractivity contribution in [1.29, 1.82) is 0 Å². The van der Waals surface area contributed by atoms with E-state index in [0.29, 0.717) is 32.3 Å². The van der Waals surface area contributed by atoms with Crippen LogP contribution < -0.4 is 18.9 Å². The van der Waals surface area contributed by atoms with Crippen molar-refractivity contribution in [2.45, 2.75) is 132 Å². The zero-order chi connectivity index (χ0) is 41.0. The van der Waals surface area contributed by atoms with E-state index in [9.17, 15) is 30.0 Å². The van der Waals surface area contributed by atoms with E-state index in [0.717, 1.165) is 75.1 Å². The molecule has 0 unspecified atom stereocenters. The maximum absolute atomic E-state index is 14.3. The van der Waals surface area contributed by atoms with Crippen molar-refractivity contribution < 1.29 is 39.5 Å². The summed E-state index contributed by atoms with van der Waals surface area (Å²) in [5, 5.41) is 15.8. The summed E-state index contributed by atoms with van der Waals surface area (Å²) in [7, 11) is -7.68. The summed E-state index contributed by atoms with van der Waals surface area (Å²) in [6.07, 6.45) is 12.3. The fraction of sp³-hybridized carbons (Fsp3) is 0.579. The number of unbranched alkanes of at least 4 members (excludes halogenated alkanes) is 2. The van der Waals surface area contributed by atoms with Gasteiger partial charge in [-0.05, 0) is 121 Å². The number of nitrogens with zero attached hydrogens (tertiary/aromatic N) is 6. The molecule has 4 aromatic rings. The molecule has 0 aliphatic heterocycles. The van der Waals surface area contributed by atoms with Crippen LogP contribution in [0, 0.1) is 25.5 Å². The maximum Gasteiger partial charge on any atom is 0.240 e. The molecule has 2 aromatic carbocycles. The van der Waals surface area contributed by atoms with E-state index in [1.54, 1.807) is 12.7 Å². The molecule has 6 rings (SSSR count). The summed E-state index contributed by atoms with van der Waals surface area (Å²) in [5.74, 6) is 0.226. The molecule has 14 nitrogen and oxygen atoms in total. The minimum absolute atomic E-state index is 0.0383. The molecular formula is C38H53F3N8O6S2. The molecule has 2 N–H and O–H groups in total. The molecular weight excluding hydrogens is 786 g/mol. The van der Waals surface area contributed by atoms with Crippen LogP contribution in [0.15, 0.2) is 58.8 Å². The van der Waals surface area contributed by atoms with Gasteiger partial charge in [0.2, 0.25) is 20.0 Å². The predicted octanol–water partition coefficient (Wildman–Crippen LogP) is 6.68. The van der Waals surface area contributed by atoms with Gasteiger partial charge in [0.1, 0.15) is 24.3 Å². The molecule has 4 atom stereocenters. The summed E-state index contributed by atoms with van der Waals surface area (Å²) in [4.78, 5) is -0.232. The first-order valence-electron chi connectivity index (χ1n) is 19.5. The number of aryl methyl sites for hydroxylation is 2. The van der Waals surface area contributed by atoms with Gasteiger partial charge in [-0.3, -0.25) is 4.39 Å². The normalized spacial score (nSPS) is 20.1. The van der Waals surface area contributed by atoms with E-state index in [-0.39, 0.29) is 52.1 Å². The molecule has 2 aromatic heterocycles. The number of alkyl halides is 1. The van der Waals surface area contributed by atoms with E-state index in [4.69, 9.17) is 9.47 Å². The van der Waals surface area contributed by atoms with Crippen LogP contribution >= 0.6 is 0 Å². The molecule has 0 saturated heterocycles. The van der Waals surface area contributed by atoms with Crippen LogP contribution in [-0.4, -0.2) is 78.3 Å². The van der Waals surface area contributed by atoms with Crippen molar-refractivity contribution in [3.05, 3.63) is 72.3 Å². The molecule has 2 aliphatic rings. The van der Waals surface area contributed by atoms with Gasteiger partial charge in [-0.1, -0.05) is 13.3 Å². The minimum Gasteiger partial charge on any atom is -0.491 e. The van der Waals surface area contributed by atoms with Crippen LogP contribution in [0.3, 0.4) is 0 Å². The van der Waals surface area contributed by atoms with Gasteiger partial charge in [-0.25, -0.2) is 35.1 Å². The highest BCUT2D eigenvalue weighted by molar-refractivity contribution is 7.89. The molecule has 57 heavy (non-hydrogen) atoms. The van der Waals surface area contributed by atoms with Gasteiger partial charge in [-0.15, -0.1) is 20.4 Å². The number of hydrogen-bond donors (Lipinski definition) is 2. The Morgan fingerprint density at radius 2 is 1.16 bits per heavy atom. The lowest BCUT2D eigenvalue weighted by atomic mass is 9.91. The van der Waals surface area contributed by atoms with Crippen molar-refractivity contribution in [2.75, 3.05) is 19.9 Å². The second-order valence-electron chi connectivity index (χ2n) is 14.5. The number of ether oxygens (including phenoxy) is 2. The number of hydrogen-bond acceptors (Lipinski definition) is 10. The summed E-state index contributed by atoms with van der Waals surface area (Å²) in [5.41, 5.74) is 0. The first-order chi connectivity index (χ1) is 27.3. The van der Waals surface area contributed by atoms with Gasteiger partial charge in [0.05, 0.1) is 29.7 Å². The van der Waals surface area contributed by atoms with Crippen molar-refractivity contribution in [2.24, 2.45) is 0 Å². The zero-order valence-corrected chi connectivity index (χ0v) is 34.3. The van der Waals surface area contributed by atoms with E-state index >= 15 is 0 Å². The highest BCUT2D eigenvalue weighted by Gasteiger charge is 2.30. The quantitative estimate of drug-likeness (QED) is 0.109. The molecule has 0 spiro atoms. The second-order valence-corrected chi connectivity index (χ2v) is 17.9. The Balaban J connectivity index is 0.000000218. The summed E-state index contributed by atoms with van der Waals surface area (Å²) in [6.45, 7) is 5.90. The van der Waals surface area contributed by atoms with Gasteiger partial charge in [0.25, 0.3) is 0 Å². The number of aromatic nitrogens is 6. The lowest BCUT2D eigenvalue weighted by molar-refractivity contribution is 0.284. The molecule has 314 valence electrons. The third-order valence-electron chi connectivity index (χ3n) is 10.2. The molecule has 2 aliphatic carbocycles. The SMILES string of the molecule is CCCCOc1ccc(S(=O)(=O)N[C@H]2CCC[C@@H](n3cnnc3C)C2)cc1F.Cc1nncn1[C@@H]1CCC[C@H](NS(=O)(=O)c2ccc(OCCCCF)c(F)c2)C1. The molecule has 2 fully saturated rings. The topological polar surface area (TPSA) is 172 Å². The average molecular weight is 839 g/mol. The van der Waals surface area contributed by atoms with E-state index in [1.807, 2.05) is 29.9 Å². The maximum atomic E-state index is 14.3. The fourth-order valence-electron chi connectivity index (χ4n) is 7.18. The van der Waals surface area contributed by atoms with E-state index < -0.39 is 38.4 Å². The Hall–Kier alpha value is -4.07. The third kappa shape index (κ3) is 12.2. The zero-order valence-electron chi connectivity index (χ0n) is 32.6. The van der Waals surface area contributed by atoms with Crippen LogP contribution in [0.25, 0.3) is 0 Å². The Bertz CT molecular complexity index is 2120. The summed E-state index contributed by atoms with van der Waals surface area (Å²) >= 11 is 0. The Labute approximate surface area is 333 Å². The van der Waals surface area contributed by atoms with Crippen LogP contribution in [0.5, 0.6) is 11.5 Å². The number of nitrogens with one attached hydrogen (secondary N) is 2. The summed E-state index contributed by atoms with van der Waals surface area (Å²) in [6, 6.07) is 7.18. The second kappa shape index (κ2) is 20.6. The van der Waals surface area contributed by atoms with Gasteiger partial charge in [0, 0.05) is 24.2 Å². The molecule has 0 radical (unpaired) electrons. The molecule has 0 amide bonds. The number of rotatable bonds is 17. The van der Waals surface area contributed by atoms with E-state index in [1.165, 1.54) is 24.3 Å². The van der Waals surface area contributed by atoms with Gasteiger partial charge in [0.15, 0.2) is 23.1 Å². The van der Waals surface area contributed by atoms with Gasteiger partial charge < -0.3 is 18.6 Å². The van der Waals surface area contributed by atoms with Crippen LogP contribution in [0.2, 0.25) is 0 Å². The first kappa shape index (κ1) is 44.0. The van der Waals surface area contributed by atoms with Gasteiger partial charge in [-0.2, -0.15) is 0 Å². The van der Waals surface area contributed by atoms with Crippen molar-refractivity contribution >= 4 is 20.0 Å². The Morgan fingerprint density at radius 1 is 0.702 bits per heavy atom. The molecule has 2 saturated carbocycles. The van der Waals surface area contributed by atoms with Crippen LogP contribution in [-0.2, 0) is 20.0 Å². The van der Waals surface area contributed by atoms with Crippen LogP contribution in [0.1, 0.15) is 108 Å². The molecule has 2 heterocycles. The standard InChI is InChI=1S/C19H26F2N4O3S.C19H27FN4O3S/c1-14-23-22-13-25(14)16-6-4-5-15(11-16)24-29(26,27)17-7-8-19(18(21)12-17)28-10-3-2-9-20;1-3-4-10-27-19-9-8-17(12-18(19)20)28(25,26)23-15-6-5-7-16(11-15)24-13-21-22-14(24)2/h7-8,12-13,15-16,24H,2-6,9-11H2,1H3;8-9,12-13,15-16,23H,3-7,10-11H2,1-2H3/t2*15-,16+/m00/s1. The van der Waals surface area contributed by atoms with Crippen LogP contribution in [0.4, 0.5) is 13.2 Å². The van der Waals surface area contributed by atoms with E-state index in [2.05, 4.69) is 29.8 Å². The molecule has 0 bridgehead atoms. The average Bonchev–Trinajstić information content (AvgIpc) is 3.82. The number of benzene rings is 2. The number of halogens is 3. The van der Waals surface area contributed by atoms with Crippen molar-refractivity contribution in [3.63, 3.8) is 0 Å². The third-order valence-corrected chi connectivity index (χ3v) is 13.2. The Kier molecular flexibility index (Phi) is 15.9. The van der Waals surface area contributed by atoms with Crippen molar-refractivity contribution in [3.8, 4) is 11.5 Å². The predicted molar refractivity (Wildman–Crippen MR) is 207 cm³/mol. The van der Waals surface area contributed by atoms with Crippen molar-refractivity contribution in [1.82, 2.24) is 39.0 Å². The molecule has 19 heteroatoms. The number of sulfonamides is 2.